The van der Waals surface area contributed by atoms with Gasteiger partial charge in [0.15, 0.2) is 0 Å². The van der Waals surface area contributed by atoms with Crippen LogP contribution in [0.4, 0.5) is 11.4 Å². The molecule has 1 heterocycles. The van der Waals surface area contributed by atoms with E-state index in [9.17, 15) is 4.79 Å². The van der Waals surface area contributed by atoms with E-state index in [0.29, 0.717) is 17.9 Å². The van der Waals surface area contributed by atoms with Gasteiger partial charge in [-0.3, -0.25) is 4.79 Å². The molecule has 4 rings (SSSR count). The van der Waals surface area contributed by atoms with Gasteiger partial charge in [0, 0.05) is 30.0 Å². The number of carbonyl (C=O) groups is 1. The Bertz CT molecular complexity index is 917. The van der Waals surface area contributed by atoms with Gasteiger partial charge in [-0.15, -0.1) is 0 Å². The number of anilines is 2. The fraction of sp³-hybridized carbons (Fsp3) is 0.208. The molecular formula is C24H24N2O2. The number of ether oxygens (including phenoxy) is 1. The SMILES string of the molecule is O=C(Nc1ccc(N2CCCC2)cc1)c1cccc(OCc2ccccc2)c1. The van der Waals surface area contributed by atoms with Crippen LogP contribution in [-0.2, 0) is 6.61 Å². The summed E-state index contributed by atoms with van der Waals surface area (Å²) in [5.74, 6) is 0.542. The first-order chi connectivity index (χ1) is 13.8. The number of benzene rings is 3. The molecule has 0 atom stereocenters. The zero-order valence-corrected chi connectivity index (χ0v) is 15.8. The molecule has 1 aliphatic heterocycles. The van der Waals surface area contributed by atoms with Crippen molar-refractivity contribution in [3.63, 3.8) is 0 Å². The number of rotatable bonds is 6. The van der Waals surface area contributed by atoms with Crippen LogP contribution in [-0.4, -0.2) is 19.0 Å². The number of carbonyl (C=O) groups excluding carboxylic acids is 1. The van der Waals surface area contributed by atoms with Gasteiger partial charge in [-0.1, -0.05) is 36.4 Å². The van der Waals surface area contributed by atoms with Crippen molar-refractivity contribution in [3.8, 4) is 5.75 Å². The molecule has 0 radical (unpaired) electrons. The van der Waals surface area contributed by atoms with Crippen LogP contribution in [0.25, 0.3) is 0 Å². The minimum Gasteiger partial charge on any atom is -0.489 e. The highest BCUT2D eigenvalue weighted by atomic mass is 16.5. The van der Waals surface area contributed by atoms with Gasteiger partial charge in [0.05, 0.1) is 0 Å². The number of amides is 1. The van der Waals surface area contributed by atoms with E-state index < -0.39 is 0 Å². The second kappa shape index (κ2) is 8.61. The lowest BCUT2D eigenvalue weighted by atomic mass is 10.2. The Balaban J connectivity index is 1.37. The summed E-state index contributed by atoms with van der Waals surface area (Å²) in [7, 11) is 0. The van der Waals surface area contributed by atoms with Crippen LogP contribution in [0.3, 0.4) is 0 Å². The Hall–Kier alpha value is -3.27. The lowest BCUT2D eigenvalue weighted by molar-refractivity contribution is 0.102. The van der Waals surface area contributed by atoms with Crippen LogP contribution in [0, 0.1) is 0 Å². The van der Waals surface area contributed by atoms with Crippen molar-refractivity contribution < 1.29 is 9.53 Å². The van der Waals surface area contributed by atoms with E-state index in [1.807, 2.05) is 54.6 Å². The highest BCUT2D eigenvalue weighted by Crippen LogP contribution is 2.23. The monoisotopic (exact) mass is 372 g/mol. The zero-order valence-electron chi connectivity index (χ0n) is 15.8. The largest absolute Gasteiger partial charge is 0.489 e. The Morgan fingerprint density at radius 3 is 2.39 bits per heavy atom. The van der Waals surface area contributed by atoms with Crippen LogP contribution < -0.4 is 15.0 Å². The maximum Gasteiger partial charge on any atom is 0.255 e. The van der Waals surface area contributed by atoms with Crippen molar-refractivity contribution in [2.45, 2.75) is 19.4 Å². The van der Waals surface area contributed by atoms with Crippen LogP contribution >= 0.6 is 0 Å². The van der Waals surface area contributed by atoms with Crippen molar-refractivity contribution in [1.29, 1.82) is 0 Å². The number of hydrogen-bond acceptors (Lipinski definition) is 3. The molecule has 1 saturated heterocycles. The molecule has 0 aromatic heterocycles. The molecule has 1 amide bonds. The summed E-state index contributed by atoms with van der Waals surface area (Å²) >= 11 is 0. The molecule has 3 aromatic carbocycles. The summed E-state index contributed by atoms with van der Waals surface area (Å²) in [6.45, 7) is 2.70. The first-order valence-electron chi connectivity index (χ1n) is 9.71. The van der Waals surface area contributed by atoms with E-state index in [1.165, 1.54) is 18.5 Å². The van der Waals surface area contributed by atoms with Gasteiger partial charge in [0.1, 0.15) is 12.4 Å². The normalized spacial score (nSPS) is 13.4. The third-order valence-electron chi connectivity index (χ3n) is 4.94. The second-order valence-corrected chi connectivity index (χ2v) is 7.00. The molecule has 1 N–H and O–H groups in total. The van der Waals surface area contributed by atoms with Crippen molar-refractivity contribution in [2.24, 2.45) is 0 Å². The highest BCUT2D eigenvalue weighted by Gasteiger charge is 2.12. The Labute approximate surface area is 165 Å². The molecule has 28 heavy (non-hydrogen) atoms. The van der Waals surface area contributed by atoms with Crippen LogP contribution in [0.5, 0.6) is 5.75 Å². The Morgan fingerprint density at radius 2 is 1.64 bits per heavy atom. The van der Waals surface area contributed by atoms with E-state index in [2.05, 4.69) is 22.3 Å². The molecule has 0 bridgehead atoms. The fourth-order valence-corrected chi connectivity index (χ4v) is 3.40. The van der Waals surface area contributed by atoms with Crippen molar-refractivity contribution in [2.75, 3.05) is 23.3 Å². The standard InChI is InChI=1S/C24H24N2O2/c27-24(25-21-11-13-22(14-12-21)26-15-4-5-16-26)20-9-6-10-23(17-20)28-18-19-7-2-1-3-8-19/h1-3,6-14,17H,4-5,15-16,18H2,(H,25,27). The smallest absolute Gasteiger partial charge is 0.255 e. The highest BCUT2D eigenvalue weighted by molar-refractivity contribution is 6.04. The number of nitrogens with zero attached hydrogens (tertiary/aromatic N) is 1. The van der Waals surface area contributed by atoms with Crippen molar-refractivity contribution >= 4 is 17.3 Å². The second-order valence-electron chi connectivity index (χ2n) is 7.00. The minimum absolute atomic E-state index is 0.140. The first kappa shape index (κ1) is 18.1. The molecule has 1 fully saturated rings. The van der Waals surface area contributed by atoms with E-state index in [4.69, 9.17) is 4.74 Å². The average molecular weight is 372 g/mol. The number of hydrogen-bond donors (Lipinski definition) is 1. The first-order valence-corrected chi connectivity index (χ1v) is 9.71. The summed E-state index contributed by atoms with van der Waals surface area (Å²) in [6.07, 6.45) is 2.50. The van der Waals surface area contributed by atoms with Gasteiger partial charge in [-0.2, -0.15) is 0 Å². The molecule has 3 aromatic rings. The van der Waals surface area contributed by atoms with Crippen LogP contribution in [0.15, 0.2) is 78.9 Å². The number of nitrogens with one attached hydrogen (secondary N) is 1. The molecule has 142 valence electrons. The lowest BCUT2D eigenvalue weighted by Gasteiger charge is -2.17. The zero-order chi connectivity index (χ0) is 19.2. The quantitative estimate of drug-likeness (QED) is 0.653. The van der Waals surface area contributed by atoms with Gasteiger partial charge in [-0.25, -0.2) is 0 Å². The predicted octanol–water partition coefficient (Wildman–Crippen LogP) is 5.12. The van der Waals surface area contributed by atoms with Crippen molar-refractivity contribution in [1.82, 2.24) is 0 Å². The molecule has 4 nitrogen and oxygen atoms in total. The van der Waals surface area contributed by atoms with Gasteiger partial charge >= 0.3 is 0 Å². The van der Waals surface area contributed by atoms with E-state index in [1.54, 1.807) is 12.1 Å². The summed E-state index contributed by atoms with van der Waals surface area (Å²) in [4.78, 5) is 15.0. The van der Waals surface area contributed by atoms with Gasteiger partial charge in [-0.05, 0) is 60.9 Å². The third kappa shape index (κ3) is 4.52. The van der Waals surface area contributed by atoms with E-state index >= 15 is 0 Å². The van der Waals surface area contributed by atoms with Gasteiger partial charge in [0.25, 0.3) is 5.91 Å². The summed E-state index contributed by atoms with van der Waals surface area (Å²) in [6, 6.07) is 25.3. The van der Waals surface area contributed by atoms with Gasteiger partial charge in [0.2, 0.25) is 0 Å². The Kier molecular flexibility index (Phi) is 5.57. The molecular weight excluding hydrogens is 348 g/mol. The summed E-state index contributed by atoms with van der Waals surface area (Å²) in [5.41, 5.74) is 3.68. The molecule has 1 aliphatic rings. The maximum absolute atomic E-state index is 12.6. The summed E-state index contributed by atoms with van der Waals surface area (Å²) < 4.78 is 5.82. The van der Waals surface area contributed by atoms with Crippen LogP contribution in [0.2, 0.25) is 0 Å². The fourth-order valence-electron chi connectivity index (χ4n) is 3.40. The molecule has 0 aliphatic carbocycles. The van der Waals surface area contributed by atoms with Gasteiger partial charge < -0.3 is 15.0 Å². The van der Waals surface area contributed by atoms with Crippen LogP contribution in [0.1, 0.15) is 28.8 Å². The molecule has 4 heteroatoms. The third-order valence-corrected chi connectivity index (χ3v) is 4.94. The average Bonchev–Trinajstić information content (AvgIpc) is 3.29. The topological polar surface area (TPSA) is 41.6 Å². The molecule has 0 saturated carbocycles. The van der Waals surface area contributed by atoms with E-state index in [0.717, 1.165) is 24.3 Å². The minimum atomic E-state index is -0.140. The van der Waals surface area contributed by atoms with E-state index in [-0.39, 0.29) is 5.91 Å². The predicted molar refractivity (Wildman–Crippen MR) is 113 cm³/mol. The molecule has 0 spiro atoms. The maximum atomic E-state index is 12.6. The van der Waals surface area contributed by atoms with Crippen molar-refractivity contribution in [3.05, 3.63) is 90.0 Å². The molecule has 0 unspecified atom stereocenters. The lowest BCUT2D eigenvalue weighted by Crippen LogP contribution is -2.17. The summed E-state index contributed by atoms with van der Waals surface area (Å²) in [5, 5.41) is 2.96. The Morgan fingerprint density at radius 1 is 0.893 bits per heavy atom.